The second-order valence-electron chi connectivity index (χ2n) is 12.6. The fourth-order valence-corrected chi connectivity index (χ4v) is 4.97. The minimum absolute atomic E-state index is 0.0945. The van der Waals surface area contributed by atoms with Crippen molar-refractivity contribution < 1.29 is 42.7 Å². The highest BCUT2D eigenvalue weighted by Crippen LogP contribution is 2.35. The van der Waals surface area contributed by atoms with Gasteiger partial charge >= 0.3 is 19.8 Å². The van der Waals surface area contributed by atoms with Crippen LogP contribution in [0.25, 0.3) is 0 Å². The average molecular weight is 759 g/mol. The molecule has 2 N–H and O–H groups in total. The molecular formula is C43H67O9P. The van der Waals surface area contributed by atoms with Crippen LogP contribution in [-0.2, 0) is 32.9 Å². The topological polar surface area (TPSA) is 136 Å². The molecule has 0 bridgehead atoms. The lowest BCUT2D eigenvalue weighted by molar-refractivity contribution is -0.161. The van der Waals surface area contributed by atoms with Gasteiger partial charge in [-0.05, 0) is 83.1 Å². The van der Waals surface area contributed by atoms with Crippen LogP contribution in [0.5, 0.6) is 0 Å². The predicted molar refractivity (Wildman–Crippen MR) is 216 cm³/mol. The van der Waals surface area contributed by atoms with Crippen molar-refractivity contribution in [1.29, 1.82) is 0 Å². The molecule has 298 valence electrons. The summed E-state index contributed by atoms with van der Waals surface area (Å²) in [6.07, 6.45) is 47.1. The Morgan fingerprint density at radius 2 is 1.02 bits per heavy atom. The van der Waals surface area contributed by atoms with Crippen LogP contribution < -0.4 is 0 Å². The van der Waals surface area contributed by atoms with Crippen molar-refractivity contribution >= 4 is 25.5 Å². The standard InChI is InChI=1S/C43H67O9P/c1-3-5-7-9-11-13-15-17-18-19-20-22-24-26-28-30-32-36-42(45)50-38-41(39-51-53(47,48)49)52-43(46)37-33-35-40(44)34-31-29-27-25-23-21-16-14-12-10-8-6-4-2/h11-14,17-18,20-23,26-29,31,34,41H,3-10,15-16,19,24-25,30,32-33,35-39H2,1-2H3,(H2,47,48,49)/b13-11-,14-12-,18-17-,22-20-,23-21-,28-26-,29-27-,34-31+/t41-/m1/s1. The molecule has 0 aliphatic rings. The lowest BCUT2D eigenvalue weighted by atomic mass is 10.1. The average Bonchev–Trinajstić information content (AvgIpc) is 3.12. The van der Waals surface area contributed by atoms with Gasteiger partial charge in [-0.15, -0.1) is 0 Å². The summed E-state index contributed by atoms with van der Waals surface area (Å²) in [5, 5.41) is 0. The number of ether oxygens (including phenoxy) is 2. The molecule has 0 fully saturated rings. The largest absolute Gasteiger partial charge is 0.469 e. The van der Waals surface area contributed by atoms with Gasteiger partial charge in [0.1, 0.15) is 6.61 Å². The number of phosphoric ester groups is 1. The molecule has 0 aromatic carbocycles. The molecule has 0 unspecified atom stereocenters. The van der Waals surface area contributed by atoms with Gasteiger partial charge in [0.05, 0.1) is 6.61 Å². The number of carbonyl (C=O) groups excluding carboxylic acids is 3. The predicted octanol–water partition coefficient (Wildman–Crippen LogP) is 11.0. The Kier molecular flexibility index (Phi) is 34.6. The van der Waals surface area contributed by atoms with E-state index in [4.69, 9.17) is 19.3 Å². The summed E-state index contributed by atoms with van der Waals surface area (Å²) in [5.74, 6) is -1.36. The van der Waals surface area contributed by atoms with Crippen molar-refractivity contribution in [1.82, 2.24) is 0 Å². The molecule has 0 amide bonds. The van der Waals surface area contributed by atoms with E-state index in [0.29, 0.717) is 12.8 Å². The van der Waals surface area contributed by atoms with Crippen molar-refractivity contribution in [2.45, 2.75) is 142 Å². The minimum atomic E-state index is -4.84. The maximum atomic E-state index is 12.4. The normalized spacial score (nSPS) is 13.4. The second-order valence-corrected chi connectivity index (χ2v) is 13.8. The third kappa shape index (κ3) is 39.7. The summed E-state index contributed by atoms with van der Waals surface area (Å²) in [7, 11) is -4.84. The number of hydrogen-bond donors (Lipinski definition) is 2. The lowest BCUT2D eigenvalue weighted by Gasteiger charge is -2.18. The number of phosphoric acid groups is 1. The Bertz CT molecular complexity index is 1230. The fourth-order valence-electron chi connectivity index (χ4n) is 4.61. The Morgan fingerprint density at radius 1 is 0.547 bits per heavy atom. The van der Waals surface area contributed by atoms with E-state index in [-0.39, 0.29) is 31.5 Å². The zero-order valence-corrected chi connectivity index (χ0v) is 33.3. The summed E-state index contributed by atoms with van der Waals surface area (Å²) in [6.45, 7) is 3.35. The third-order valence-electron chi connectivity index (χ3n) is 7.55. The molecule has 0 radical (unpaired) electrons. The molecule has 1 atom stereocenters. The van der Waals surface area contributed by atoms with Gasteiger partial charge in [-0.1, -0.05) is 131 Å². The molecule has 0 aliphatic heterocycles. The summed E-state index contributed by atoms with van der Waals surface area (Å²) in [5.41, 5.74) is 0. The van der Waals surface area contributed by atoms with Gasteiger partial charge in [-0.3, -0.25) is 18.9 Å². The zero-order valence-electron chi connectivity index (χ0n) is 32.4. The van der Waals surface area contributed by atoms with E-state index in [1.807, 2.05) is 18.2 Å². The maximum Gasteiger partial charge on any atom is 0.469 e. The van der Waals surface area contributed by atoms with Crippen LogP contribution in [0, 0.1) is 0 Å². The lowest BCUT2D eigenvalue weighted by Crippen LogP contribution is -2.29. The smallest absolute Gasteiger partial charge is 0.462 e. The van der Waals surface area contributed by atoms with Crippen LogP contribution in [-0.4, -0.2) is 46.8 Å². The monoisotopic (exact) mass is 758 g/mol. The van der Waals surface area contributed by atoms with Gasteiger partial charge in [-0.2, -0.15) is 0 Å². The van der Waals surface area contributed by atoms with Crippen molar-refractivity contribution in [2.75, 3.05) is 13.2 Å². The Hall–Kier alpha value is -3.36. The molecule has 9 nitrogen and oxygen atoms in total. The van der Waals surface area contributed by atoms with Crippen molar-refractivity contribution in [3.63, 3.8) is 0 Å². The number of unbranched alkanes of at least 4 members (excludes halogenated alkanes) is 7. The SMILES string of the molecule is CCCCC/C=C\C/C=C\C/C=C\C=C\C(=O)CCCC(=O)O[C@H](COC(=O)CCC/C=C\C/C=C\C/C=C\C/C=C\CCCCC)COP(=O)(O)O. The molecule has 0 saturated carbocycles. The highest BCUT2D eigenvalue weighted by atomic mass is 31.2. The molecule has 0 spiro atoms. The molecule has 10 heteroatoms. The van der Waals surface area contributed by atoms with Crippen molar-refractivity contribution in [2.24, 2.45) is 0 Å². The fraction of sp³-hybridized carbons (Fsp3) is 0.558. The molecule has 0 rings (SSSR count). The van der Waals surface area contributed by atoms with E-state index in [1.165, 1.54) is 44.6 Å². The maximum absolute atomic E-state index is 12.4. The first-order chi connectivity index (χ1) is 25.7. The molecule has 0 heterocycles. The number of esters is 2. The van der Waals surface area contributed by atoms with Crippen LogP contribution >= 0.6 is 7.82 Å². The van der Waals surface area contributed by atoms with Crippen molar-refractivity contribution in [3.8, 4) is 0 Å². The summed E-state index contributed by atoms with van der Waals surface area (Å²) in [6, 6.07) is 0. The van der Waals surface area contributed by atoms with Gasteiger partial charge in [0, 0.05) is 19.3 Å². The van der Waals surface area contributed by atoms with E-state index >= 15 is 0 Å². The Morgan fingerprint density at radius 3 is 1.53 bits per heavy atom. The van der Waals surface area contributed by atoms with E-state index < -0.39 is 39.1 Å². The molecule has 0 saturated heterocycles. The van der Waals surface area contributed by atoms with Gasteiger partial charge in [0.25, 0.3) is 0 Å². The first-order valence-electron chi connectivity index (χ1n) is 19.5. The number of ketones is 1. The van der Waals surface area contributed by atoms with Crippen molar-refractivity contribution in [3.05, 3.63) is 97.2 Å². The number of allylic oxidation sites excluding steroid dienone is 16. The van der Waals surface area contributed by atoms with E-state index in [0.717, 1.165) is 44.9 Å². The van der Waals surface area contributed by atoms with E-state index in [2.05, 4.69) is 79.1 Å². The van der Waals surface area contributed by atoms with Crippen LogP contribution in [0.2, 0.25) is 0 Å². The highest BCUT2D eigenvalue weighted by Gasteiger charge is 2.23. The second kappa shape index (κ2) is 37.0. The quantitative estimate of drug-likeness (QED) is 0.0164. The van der Waals surface area contributed by atoms with Crippen LogP contribution in [0.3, 0.4) is 0 Å². The summed E-state index contributed by atoms with van der Waals surface area (Å²) < 4.78 is 26.1. The van der Waals surface area contributed by atoms with Crippen LogP contribution in [0.4, 0.5) is 0 Å². The molecule has 0 aromatic heterocycles. The third-order valence-corrected chi connectivity index (χ3v) is 8.04. The van der Waals surface area contributed by atoms with Gasteiger partial charge in [0.15, 0.2) is 11.9 Å². The Labute approximate surface area is 320 Å². The Balaban J connectivity index is 4.29. The van der Waals surface area contributed by atoms with E-state index in [9.17, 15) is 18.9 Å². The first kappa shape index (κ1) is 49.6. The number of rotatable bonds is 34. The highest BCUT2D eigenvalue weighted by molar-refractivity contribution is 7.46. The van der Waals surface area contributed by atoms with Crippen LogP contribution in [0.1, 0.15) is 136 Å². The molecular weight excluding hydrogens is 691 g/mol. The van der Waals surface area contributed by atoms with Gasteiger partial charge < -0.3 is 19.3 Å². The number of carbonyl (C=O) groups is 3. The molecule has 0 aromatic rings. The molecule has 53 heavy (non-hydrogen) atoms. The number of hydrogen-bond acceptors (Lipinski definition) is 7. The van der Waals surface area contributed by atoms with Gasteiger partial charge in [-0.25, -0.2) is 4.57 Å². The zero-order chi connectivity index (χ0) is 39.1. The van der Waals surface area contributed by atoms with E-state index in [1.54, 1.807) is 12.2 Å². The summed E-state index contributed by atoms with van der Waals surface area (Å²) in [4.78, 5) is 54.8. The summed E-state index contributed by atoms with van der Waals surface area (Å²) >= 11 is 0. The van der Waals surface area contributed by atoms with Crippen LogP contribution in [0.15, 0.2) is 97.2 Å². The first-order valence-corrected chi connectivity index (χ1v) is 21.0. The minimum Gasteiger partial charge on any atom is -0.462 e. The molecule has 0 aliphatic carbocycles. The van der Waals surface area contributed by atoms with Gasteiger partial charge in [0.2, 0.25) is 0 Å².